The lowest BCUT2D eigenvalue weighted by atomic mass is 10.1. The van der Waals surface area contributed by atoms with Gasteiger partial charge in [0.1, 0.15) is 5.82 Å². The third kappa shape index (κ3) is 5.01. The fourth-order valence-electron chi connectivity index (χ4n) is 3.05. The maximum Gasteiger partial charge on any atom is 0.261 e. The van der Waals surface area contributed by atoms with E-state index in [1.54, 1.807) is 30.0 Å². The molecule has 1 aliphatic heterocycles. The van der Waals surface area contributed by atoms with Gasteiger partial charge in [0.15, 0.2) is 0 Å². The normalized spacial score (nSPS) is 17.0. The highest BCUT2D eigenvalue weighted by Crippen LogP contribution is 2.21. The average Bonchev–Trinajstić information content (AvgIpc) is 2.63. The van der Waals surface area contributed by atoms with E-state index < -0.39 is 15.8 Å². The summed E-state index contributed by atoms with van der Waals surface area (Å²) in [5.41, 5.74) is 6.90. The van der Waals surface area contributed by atoms with Gasteiger partial charge < -0.3 is 10.6 Å². The smallest absolute Gasteiger partial charge is 0.261 e. The van der Waals surface area contributed by atoms with Crippen LogP contribution in [0.1, 0.15) is 28.8 Å². The molecule has 0 aromatic heterocycles. The van der Waals surface area contributed by atoms with Crippen molar-refractivity contribution in [3.63, 3.8) is 0 Å². The SMILES string of the molecule is Cc1ccc(S(=O)(=O)Nc2cccc(C(=O)N3CCCC(N)C3)c2)cc1F.Cl. The van der Waals surface area contributed by atoms with Crippen molar-refractivity contribution < 1.29 is 17.6 Å². The number of likely N-dealkylation sites (tertiary alicyclic amines) is 1. The van der Waals surface area contributed by atoms with Crippen LogP contribution in [-0.2, 0) is 10.0 Å². The van der Waals surface area contributed by atoms with Gasteiger partial charge in [0.05, 0.1) is 4.90 Å². The number of anilines is 1. The van der Waals surface area contributed by atoms with Gasteiger partial charge in [-0.2, -0.15) is 0 Å². The molecule has 0 aliphatic carbocycles. The van der Waals surface area contributed by atoms with Crippen LogP contribution in [-0.4, -0.2) is 38.4 Å². The zero-order chi connectivity index (χ0) is 19.6. The van der Waals surface area contributed by atoms with Crippen LogP contribution in [0.25, 0.3) is 0 Å². The van der Waals surface area contributed by atoms with Crippen molar-refractivity contribution in [2.75, 3.05) is 17.8 Å². The molecule has 1 heterocycles. The quantitative estimate of drug-likeness (QED) is 0.784. The molecule has 3 N–H and O–H groups in total. The minimum absolute atomic E-state index is 0. The van der Waals surface area contributed by atoms with Crippen molar-refractivity contribution >= 4 is 34.0 Å². The Labute approximate surface area is 170 Å². The van der Waals surface area contributed by atoms with Crippen molar-refractivity contribution in [1.82, 2.24) is 4.90 Å². The van der Waals surface area contributed by atoms with Crippen molar-refractivity contribution in [3.8, 4) is 0 Å². The highest BCUT2D eigenvalue weighted by Gasteiger charge is 2.23. The Morgan fingerprint density at radius 3 is 2.68 bits per heavy atom. The summed E-state index contributed by atoms with van der Waals surface area (Å²) >= 11 is 0. The third-order valence-corrected chi connectivity index (χ3v) is 5.94. The lowest BCUT2D eigenvalue weighted by Crippen LogP contribution is -2.45. The molecule has 0 bridgehead atoms. The van der Waals surface area contributed by atoms with Crippen LogP contribution < -0.4 is 10.5 Å². The van der Waals surface area contributed by atoms with Crippen molar-refractivity contribution in [2.45, 2.75) is 30.7 Å². The summed E-state index contributed by atoms with van der Waals surface area (Å²) in [6.45, 7) is 2.67. The van der Waals surface area contributed by atoms with E-state index in [4.69, 9.17) is 5.73 Å². The van der Waals surface area contributed by atoms with Crippen molar-refractivity contribution in [2.24, 2.45) is 5.73 Å². The van der Waals surface area contributed by atoms with Gasteiger partial charge in [-0.1, -0.05) is 12.1 Å². The molecule has 1 amide bonds. The number of benzene rings is 2. The summed E-state index contributed by atoms with van der Waals surface area (Å²) in [6.07, 6.45) is 1.73. The number of hydrogen-bond donors (Lipinski definition) is 2. The van der Waals surface area contributed by atoms with E-state index in [2.05, 4.69) is 4.72 Å². The Kier molecular flexibility index (Phi) is 7.03. The molecule has 0 radical (unpaired) electrons. The van der Waals surface area contributed by atoms with Gasteiger partial charge in [-0.25, -0.2) is 12.8 Å². The molecular formula is C19H23ClFN3O3S. The van der Waals surface area contributed by atoms with E-state index in [1.165, 1.54) is 18.2 Å². The van der Waals surface area contributed by atoms with E-state index in [9.17, 15) is 17.6 Å². The standard InChI is InChI=1S/C19H22FN3O3S.ClH/c1-13-7-8-17(11-18(13)20)27(25,26)22-16-6-2-4-14(10-16)19(24)23-9-3-5-15(21)12-23;/h2,4,6-8,10-11,15,22H,3,5,9,12,21H2,1H3;1H. The van der Waals surface area contributed by atoms with Crippen LogP contribution in [0, 0.1) is 12.7 Å². The number of carbonyl (C=O) groups is 1. The average molecular weight is 428 g/mol. The Morgan fingerprint density at radius 2 is 2.00 bits per heavy atom. The minimum atomic E-state index is -3.96. The van der Waals surface area contributed by atoms with E-state index in [-0.39, 0.29) is 34.9 Å². The second-order valence-electron chi connectivity index (χ2n) is 6.75. The summed E-state index contributed by atoms with van der Waals surface area (Å²) in [7, 11) is -3.96. The second kappa shape index (κ2) is 8.89. The molecule has 3 rings (SSSR count). The number of carbonyl (C=O) groups excluding carboxylic acids is 1. The van der Waals surface area contributed by atoms with Crippen LogP contribution in [0.5, 0.6) is 0 Å². The molecule has 2 aromatic carbocycles. The van der Waals surface area contributed by atoms with Crippen molar-refractivity contribution in [1.29, 1.82) is 0 Å². The molecule has 1 unspecified atom stereocenters. The number of hydrogen-bond acceptors (Lipinski definition) is 4. The van der Waals surface area contributed by atoms with Crippen molar-refractivity contribution in [3.05, 3.63) is 59.4 Å². The number of amides is 1. The number of nitrogens with one attached hydrogen (secondary N) is 1. The van der Waals surface area contributed by atoms with Gasteiger partial charge in [-0.3, -0.25) is 9.52 Å². The van der Waals surface area contributed by atoms with Crippen LogP contribution in [0.4, 0.5) is 10.1 Å². The molecule has 9 heteroatoms. The summed E-state index contributed by atoms with van der Waals surface area (Å²) in [5, 5.41) is 0. The van der Waals surface area contributed by atoms with Crippen LogP contribution in [0.15, 0.2) is 47.4 Å². The van der Waals surface area contributed by atoms with Crippen LogP contribution >= 0.6 is 12.4 Å². The van der Waals surface area contributed by atoms with E-state index in [0.29, 0.717) is 24.2 Å². The van der Waals surface area contributed by atoms with Gasteiger partial charge >= 0.3 is 0 Å². The first kappa shape index (κ1) is 22.1. The summed E-state index contributed by atoms with van der Waals surface area (Å²) in [4.78, 5) is 14.2. The molecule has 28 heavy (non-hydrogen) atoms. The predicted octanol–water partition coefficient (Wildman–Crippen LogP) is 2.92. The molecule has 0 spiro atoms. The maximum atomic E-state index is 13.7. The first-order valence-electron chi connectivity index (χ1n) is 8.70. The van der Waals surface area contributed by atoms with Crippen LogP contribution in [0.2, 0.25) is 0 Å². The largest absolute Gasteiger partial charge is 0.337 e. The number of nitrogens with zero attached hydrogens (tertiary/aromatic N) is 1. The minimum Gasteiger partial charge on any atom is -0.337 e. The van der Waals surface area contributed by atoms with Gasteiger partial charge in [-0.05, 0) is 55.7 Å². The molecule has 6 nitrogen and oxygen atoms in total. The molecule has 1 atom stereocenters. The van der Waals surface area contributed by atoms with E-state index in [1.807, 2.05) is 0 Å². The second-order valence-corrected chi connectivity index (χ2v) is 8.43. The summed E-state index contributed by atoms with van der Waals surface area (Å²) < 4.78 is 41.1. The molecule has 0 saturated carbocycles. The van der Waals surface area contributed by atoms with Gasteiger partial charge in [0, 0.05) is 30.4 Å². The molecule has 1 fully saturated rings. The van der Waals surface area contributed by atoms with Gasteiger partial charge in [0.25, 0.3) is 15.9 Å². The fraction of sp³-hybridized carbons (Fsp3) is 0.316. The third-order valence-electron chi connectivity index (χ3n) is 4.56. The molecule has 152 valence electrons. The Bertz CT molecular complexity index is 969. The summed E-state index contributed by atoms with van der Waals surface area (Å²) in [5.74, 6) is -0.782. The Morgan fingerprint density at radius 1 is 1.25 bits per heavy atom. The van der Waals surface area contributed by atoms with Gasteiger partial charge in [-0.15, -0.1) is 12.4 Å². The van der Waals surface area contributed by atoms with E-state index in [0.717, 1.165) is 18.9 Å². The zero-order valence-corrected chi connectivity index (χ0v) is 17.0. The summed E-state index contributed by atoms with van der Waals surface area (Å²) in [6, 6.07) is 9.93. The fourth-order valence-corrected chi connectivity index (χ4v) is 4.11. The predicted molar refractivity (Wildman–Crippen MR) is 109 cm³/mol. The monoisotopic (exact) mass is 427 g/mol. The molecule has 1 aliphatic rings. The number of halogens is 2. The lowest BCUT2D eigenvalue weighted by Gasteiger charge is -2.30. The first-order valence-corrected chi connectivity index (χ1v) is 10.2. The zero-order valence-electron chi connectivity index (χ0n) is 15.4. The van der Waals surface area contributed by atoms with Crippen LogP contribution in [0.3, 0.4) is 0 Å². The number of sulfonamides is 1. The molecular weight excluding hydrogens is 405 g/mol. The highest BCUT2D eigenvalue weighted by atomic mass is 35.5. The number of aryl methyl sites for hydroxylation is 1. The topological polar surface area (TPSA) is 92.5 Å². The Balaban J connectivity index is 0.00000280. The van der Waals surface area contributed by atoms with Gasteiger partial charge in [0.2, 0.25) is 0 Å². The first-order chi connectivity index (χ1) is 12.8. The number of piperidine rings is 1. The number of nitrogens with two attached hydrogens (primary N) is 1. The number of rotatable bonds is 4. The molecule has 2 aromatic rings. The van der Waals surface area contributed by atoms with E-state index >= 15 is 0 Å². The highest BCUT2D eigenvalue weighted by molar-refractivity contribution is 7.92. The molecule has 1 saturated heterocycles. The Hall–Kier alpha value is -2.16. The maximum absolute atomic E-state index is 13.7. The lowest BCUT2D eigenvalue weighted by molar-refractivity contribution is 0.0709.